The molecule has 0 aliphatic carbocycles. The Labute approximate surface area is 154 Å². The van der Waals surface area contributed by atoms with Crippen LogP contribution in [0.15, 0.2) is 60.7 Å². The van der Waals surface area contributed by atoms with Crippen LogP contribution in [0.4, 0.5) is 8.78 Å². The summed E-state index contributed by atoms with van der Waals surface area (Å²) >= 11 is 0. The van der Waals surface area contributed by atoms with Crippen LogP contribution in [0.25, 0.3) is 6.08 Å². The van der Waals surface area contributed by atoms with Gasteiger partial charge in [-0.1, -0.05) is 18.2 Å². The molecule has 136 valence electrons. The van der Waals surface area contributed by atoms with Crippen molar-refractivity contribution < 1.29 is 13.9 Å². The highest BCUT2D eigenvalue weighted by Crippen LogP contribution is 2.34. The van der Waals surface area contributed by atoms with Crippen molar-refractivity contribution in [2.75, 3.05) is 0 Å². The standard InChI is InChI=1S/C20H16F2N4O/c1-14(8-15-2-4-16(10-23)5-3-15)20(27,11-26-13-24-12-25-26)18-7-6-17(21)9-19(18)22/h2-9,12-13,27H,11H2,1H3/b14-8-. The van der Waals surface area contributed by atoms with Gasteiger partial charge in [0.15, 0.2) is 0 Å². The Balaban J connectivity index is 2.07. The maximum atomic E-state index is 14.5. The first-order valence-corrected chi connectivity index (χ1v) is 8.11. The maximum absolute atomic E-state index is 14.5. The van der Waals surface area contributed by atoms with Crippen molar-refractivity contribution in [1.29, 1.82) is 5.26 Å². The molecule has 0 aliphatic heterocycles. The molecule has 0 saturated carbocycles. The van der Waals surface area contributed by atoms with Gasteiger partial charge in [-0.3, -0.25) is 0 Å². The molecular formula is C20H16F2N4O. The summed E-state index contributed by atoms with van der Waals surface area (Å²) in [5.74, 6) is -1.58. The summed E-state index contributed by atoms with van der Waals surface area (Å²) in [5.41, 5.74) is -0.187. The number of nitrogens with zero attached hydrogens (tertiary/aromatic N) is 4. The van der Waals surface area contributed by atoms with Crippen molar-refractivity contribution in [2.24, 2.45) is 0 Å². The van der Waals surface area contributed by atoms with Gasteiger partial charge in [-0.2, -0.15) is 10.4 Å². The molecule has 0 saturated heterocycles. The van der Waals surface area contributed by atoms with Gasteiger partial charge in [-0.05, 0) is 42.3 Å². The summed E-state index contributed by atoms with van der Waals surface area (Å²) in [6, 6.07) is 11.8. The number of nitriles is 1. The first kappa shape index (κ1) is 18.4. The molecule has 1 N–H and O–H groups in total. The van der Waals surface area contributed by atoms with Gasteiger partial charge < -0.3 is 5.11 Å². The molecule has 1 aromatic heterocycles. The van der Waals surface area contributed by atoms with Gasteiger partial charge in [-0.15, -0.1) is 0 Å². The van der Waals surface area contributed by atoms with Crippen molar-refractivity contribution in [1.82, 2.24) is 14.8 Å². The van der Waals surface area contributed by atoms with Gasteiger partial charge in [-0.25, -0.2) is 18.4 Å². The van der Waals surface area contributed by atoms with Crippen molar-refractivity contribution in [3.8, 4) is 6.07 Å². The van der Waals surface area contributed by atoms with Crippen LogP contribution in [0.2, 0.25) is 0 Å². The van der Waals surface area contributed by atoms with E-state index in [-0.39, 0.29) is 12.1 Å². The van der Waals surface area contributed by atoms with Gasteiger partial charge in [0.1, 0.15) is 29.9 Å². The van der Waals surface area contributed by atoms with Crippen LogP contribution in [0.3, 0.4) is 0 Å². The Kier molecular flexibility index (Phi) is 5.10. The summed E-state index contributed by atoms with van der Waals surface area (Å²) < 4.78 is 29.2. The number of halogens is 2. The lowest BCUT2D eigenvalue weighted by atomic mass is 9.85. The fraction of sp³-hybridized carbons (Fsp3) is 0.150. The van der Waals surface area contributed by atoms with Crippen LogP contribution < -0.4 is 0 Å². The lowest BCUT2D eigenvalue weighted by molar-refractivity contribution is 0.0502. The van der Waals surface area contributed by atoms with E-state index in [9.17, 15) is 13.9 Å². The highest BCUT2D eigenvalue weighted by Gasteiger charge is 2.35. The molecule has 0 bridgehead atoms. The monoisotopic (exact) mass is 366 g/mol. The second-order valence-corrected chi connectivity index (χ2v) is 6.14. The third-order valence-electron chi connectivity index (χ3n) is 4.31. The molecule has 2 aromatic carbocycles. The molecule has 5 nitrogen and oxygen atoms in total. The SMILES string of the molecule is C/C(=C/c1ccc(C#N)cc1)C(O)(Cn1cncn1)c1ccc(F)cc1F. The van der Waals surface area contributed by atoms with Crippen LogP contribution in [-0.2, 0) is 12.1 Å². The predicted molar refractivity (Wildman–Crippen MR) is 95.1 cm³/mol. The average molecular weight is 366 g/mol. The number of benzene rings is 2. The molecule has 0 amide bonds. The summed E-state index contributed by atoms with van der Waals surface area (Å²) in [5, 5.41) is 24.2. The Morgan fingerprint density at radius 3 is 2.59 bits per heavy atom. The molecule has 7 heteroatoms. The van der Waals surface area contributed by atoms with Crippen molar-refractivity contribution in [2.45, 2.75) is 19.1 Å². The van der Waals surface area contributed by atoms with E-state index in [4.69, 9.17) is 5.26 Å². The molecule has 0 aliphatic rings. The van der Waals surface area contributed by atoms with Crippen molar-refractivity contribution >= 4 is 6.08 Å². The van der Waals surface area contributed by atoms with Crippen molar-refractivity contribution in [3.63, 3.8) is 0 Å². The zero-order valence-electron chi connectivity index (χ0n) is 14.5. The number of aliphatic hydroxyl groups is 1. The average Bonchev–Trinajstić information content (AvgIpc) is 3.15. The van der Waals surface area contributed by atoms with Crippen LogP contribution in [-0.4, -0.2) is 19.9 Å². The lowest BCUT2D eigenvalue weighted by Crippen LogP contribution is -2.34. The lowest BCUT2D eigenvalue weighted by Gasteiger charge is -2.30. The van der Waals surface area contributed by atoms with Crippen LogP contribution >= 0.6 is 0 Å². The van der Waals surface area contributed by atoms with E-state index >= 15 is 0 Å². The number of rotatable bonds is 5. The third kappa shape index (κ3) is 3.91. The highest BCUT2D eigenvalue weighted by atomic mass is 19.1. The summed E-state index contributed by atoms with van der Waals surface area (Å²) in [6.45, 7) is 1.55. The van der Waals surface area contributed by atoms with Crippen LogP contribution in [0.5, 0.6) is 0 Å². The van der Waals surface area contributed by atoms with E-state index < -0.39 is 17.2 Å². The van der Waals surface area contributed by atoms with E-state index in [1.165, 1.54) is 23.4 Å². The van der Waals surface area contributed by atoms with Crippen LogP contribution in [0.1, 0.15) is 23.6 Å². The van der Waals surface area contributed by atoms with E-state index in [0.29, 0.717) is 11.1 Å². The maximum Gasteiger partial charge on any atom is 0.137 e. The Bertz CT molecular complexity index is 1010. The van der Waals surface area contributed by atoms with Gasteiger partial charge in [0, 0.05) is 11.6 Å². The molecule has 0 fully saturated rings. The zero-order chi connectivity index (χ0) is 19.4. The molecule has 1 atom stereocenters. The minimum atomic E-state index is -1.78. The van der Waals surface area contributed by atoms with Crippen molar-refractivity contribution in [3.05, 3.63) is 89.0 Å². The second-order valence-electron chi connectivity index (χ2n) is 6.14. The minimum absolute atomic E-state index is 0.0678. The topological polar surface area (TPSA) is 74.7 Å². The minimum Gasteiger partial charge on any atom is -0.379 e. The number of hydrogen-bond donors (Lipinski definition) is 1. The molecule has 3 rings (SSSR count). The largest absolute Gasteiger partial charge is 0.379 e. The molecule has 1 heterocycles. The molecular weight excluding hydrogens is 350 g/mol. The number of hydrogen-bond acceptors (Lipinski definition) is 4. The molecule has 3 aromatic rings. The quantitative estimate of drug-likeness (QED) is 0.751. The molecule has 0 radical (unpaired) electrons. The summed E-state index contributed by atoms with van der Waals surface area (Å²) in [4.78, 5) is 3.84. The van der Waals surface area contributed by atoms with Gasteiger partial charge >= 0.3 is 0 Å². The van der Waals surface area contributed by atoms with E-state index in [1.54, 1.807) is 37.3 Å². The smallest absolute Gasteiger partial charge is 0.137 e. The predicted octanol–water partition coefficient (Wildman–Crippen LogP) is 3.42. The Morgan fingerprint density at radius 2 is 2.00 bits per heavy atom. The summed E-state index contributed by atoms with van der Waals surface area (Å²) in [7, 11) is 0. The molecule has 1 unspecified atom stereocenters. The van der Waals surface area contributed by atoms with Crippen LogP contribution in [0, 0.1) is 23.0 Å². The highest BCUT2D eigenvalue weighted by molar-refractivity contribution is 5.57. The third-order valence-corrected chi connectivity index (χ3v) is 4.31. The second kappa shape index (κ2) is 7.48. The normalized spacial score (nSPS) is 13.8. The Hall–Kier alpha value is -3.37. The van der Waals surface area contributed by atoms with E-state index in [2.05, 4.69) is 10.1 Å². The fourth-order valence-electron chi connectivity index (χ4n) is 2.82. The van der Waals surface area contributed by atoms with Gasteiger partial charge in [0.05, 0.1) is 18.2 Å². The fourth-order valence-corrected chi connectivity index (χ4v) is 2.82. The first-order valence-electron chi connectivity index (χ1n) is 8.11. The Morgan fingerprint density at radius 1 is 1.26 bits per heavy atom. The van der Waals surface area contributed by atoms with E-state index in [0.717, 1.165) is 17.7 Å². The van der Waals surface area contributed by atoms with E-state index in [1.807, 2.05) is 6.07 Å². The number of aromatic nitrogens is 3. The van der Waals surface area contributed by atoms with Gasteiger partial charge in [0.25, 0.3) is 0 Å². The zero-order valence-corrected chi connectivity index (χ0v) is 14.5. The summed E-state index contributed by atoms with van der Waals surface area (Å²) in [6.07, 6.45) is 4.39. The molecule has 27 heavy (non-hydrogen) atoms. The molecule has 0 spiro atoms. The first-order chi connectivity index (χ1) is 12.9. The van der Waals surface area contributed by atoms with Gasteiger partial charge in [0.2, 0.25) is 0 Å².